The van der Waals surface area contributed by atoms with Gasteiger partial charge in [-0.3, -0.25) is 9.89 Å². The van der Waals surface area contributed by atoms with Crippen LogP contribution in [0.2, 0.25) is 0 Å². The van der Waals surface area contributed by atoms with E-state index in [1.807, 2.05) is 44.4 Å². The lowest BCUT2D eigenvalue weighted by Gasteiger charge is -2.32. The smallest absolute Gasteiger partial charge is 0.193 e. The van der Waals surface area contributed by atoms with E-state index in [0.717, 1.165) is 57.5 Å². The molecule has 1 heterocycles. The number of hydrogen-bond acceptors (Lipinski definition) is 4. The minimum atomic E-state index is 0. The summed E-state index contributed by atoms with van der Waals surface area (Å²) in [5.74, 6) is 1.76. The summed E-state index contributed by atoms with van der Waals surface area (Å²) < 4.78 is 5.78. The number of piperazine rings is 1. The molecule has 7 heteroatoms. The largest absolute Gasteiger partial charge is 0.492 e. The zero-order chi connectivity index (χ0) is 21.2. The summed E-state index contributed by atoms with van der Waals surface area (Å²) in [7, 11) is 6.04. The number of nitrogens with one attached hydrogen (secondary N) is 1. The van der Waals surface area contributed by atoms with Gasteiger partial charge in [0.15, 0.2) is 5.96 Å². The molecule has 0 unspecified atom stereocenters. The highest BCUT2D eigenvalue weighted by Crippen LogP contribution is 2.10. The van der Waals surface area contributed by atoms with E-state index in [4.69, 9.17) is 4.74 Å². The quantitative estimate of drug-likeness (QED) is 0.319. The molecule has 170 valence electrons. The third kappa shape index (κ3) is 8.66. The van der Waals surface area contributed by atoms with Crippen LogP contribution in [0.25, 0.3) is 0 Å². The Balaban J connectivity index is 0.00000341. The highest BCUT2D eigenvalue weighted by molar-refractivity contribution is 14.0. The Morgan fingerprint density at radius 2 is 1.65 bits per heavy atom. The van der Waals surface area contributed by atoms with Gasteiger partial charge in [-0.1, -0.05) is 42.5 Å². The van der Waals surface area contributed by atoms with Crippen molar-refractivity contribution in [3.63, 3.8) is 0 Å². The monoisotopic (exact) mass is 537 g/mol. The molecular weight excluding hydrogens is 501 g/mol. The summed E-state index contributed by atoms with van der Waals surface area (Å²) in [5.41, 5.74) is 2.63. The van der Waals surface area contributed by atoms with Crippen molar-refractivity contribution in [3.05, 3.63) is 65.7 Å². The Hall–Kier alpha value is -1.84. The van der Waals surface area contributed by atoms with Gasteiger partial charge >= 0.3 is 0 Å². The fourth-order valence-corrected chi connectivity index (χ4v) is 3.52. The molecule has 6 nitrogen and oxygen atoms in total. The highest BCUT2D eigenvalue weighted by atomic mass is 127. The Labute approximate surface area is 204 Å². The van der Waals surface area contributed by atoms with E-state index in [2.05, 4.69) is 56.3 Å². The summed E-state index contributed by atoms with van der Waals surface area (Å²) in [4.78, 5) is 11.4. The number of hydrogen-bond donors (Lipinski definition) is 1. The van der Waals surface area contributed by atoms with E-state index in [1.54, 1.807) is 0 Å². The van der Waals surface area contributed by atoms with Gasteiger partial charge in [-0.15, -0.1) is 24.0 Å². The summed E-state index contributed by atoms with van der Waals surface area (Å²) in [6, 6.07) is 18.8. The number of rotatable bonds is 8. The lowest BCUT2D eigenvalue weighted by Crippen LogP contribution is -2.43. The van der Waals surface area contributed by atoms with E-state index in [-0.39, 0.29) is 24.0 Å². The Morgan fingerprint density at radius 3 is 2.29 bits per heavy atom. The van der Waals surface area contributed by atoms with Gasteiger partial charge in [0, 0.05) is 53.4 Å². The lowest BCUT2D eigenvalue weighted by molar-refractivity contribution is 0.148. The first-order valence-electron chi connectivity index (χ1n) is 10.7. The van der Waals surface area contributed by atoms with E-state index in [1.165, 1.54) is 11.1 Å². The van der Waals surface area contributed by atoms with Gasteiger partial charge < -0.3 is 19.9 Å². The fraction of sp³-hybridized carbons (Fsp3) is 0.458. The van der Waals surface area contributed by atoms with Crippen LogP contribution in [-0.2, 0) is 13.1 Å². The second kappa shape index (κ2) is 13.5. The number of guanidine groups is 1. The topological polar surface area (TPSA) is 43.3 Å². The molecule has 2 aromatic rings. The summed E-state index contributed by atoms with van der Waals surface area (Å²) in [6.07, 6.45) is 0. The van der Waals surface area contributed by atoms with Crippen molar-refractivity contribution in [2.24, 2.45) is 4.99 Å². The van der Waals surface area contributed by atoms with Gasteiger partial charge in [0.1, 0.15) is 12.4 Å². The molecule has 0 aliphatic carbocycles. The number of aliphatic imine (C=N–C) groups is 1. The van der Waals surface area contributed by atoms with Crippen LogP contribution in [0.4, 0.5) is 0 Å². The lowest BCUT2D eigenvalue weighted by atomic mass is 10.1. The molecule has 0 saturated carbocycles. The van der Waals surface area contributed by atoms with Crippen LogP contribution in [-0.4, -0.2) is 81.1 Å². The molecule has 3 rings (SSSR count). The first kappa shape index (κ1) is 25.4. The van der Waals surface area contributed by atoms with Crippen molar-refractivity contribution in [2.75, 3.05) is 60.5 Å². The minimum absolute atomic E-state index is 0. The highest BCUT2D eigenvalue weighted by Gasteiger charge is 2.13. The number of ether oxygens (including phenoxy) is 1. The fourth-order valence-electron chi connectivity index (χ4n) is 3.52. The Kier molecular flexibility index (Phi) is 11.1. The van der Waals surface area contributed by atoms with Crippen molar-refractivity contribution in [3.8, 4) is 5.75 Å². The van der Waals surface area contributed by atoms with Crippen molar-refractivity contribution in [1.29, 1.82) is 0 Å². The molecule has 1 N–H and O–H groups in total. The predicted octanol–water partition coefficient (Wildman–Crippen LogP) is 3.14. The maximum atomic E-state index is 5.78. The molecule has 31 heavy (non-hydrogen) atoms. The van der Waals surface area contributed by atoms with E-state index in [0.29, 0.717) is 6.61 Å². The summed E-state index contributed by atoms with van der Waals surface area (Å²) in [6.45, 7) is 7.78. The van der Waals surface area contributed by atoms with Crippen LogP contribution >= 0.6 is 24.0 Å². The standard InChI is InChI=1S/C24H35N5O.HI/c1-25-24(28(3)17-18-30-23-7-5-4-6-8-23)26-19-21-9-11-22(12-10-21)20-29-15-13-27(2)14-16-29;/h4-12H,13-20H2,1-3H3,(H,25,26);1H. The second-order valence-electron chi connectivity index (χ2n) is 7.88. The van der Waals surface area contributed by atoms with Crippen molar-refractivity contribution < 1.29 is 4.74 Å². The number of halogens is 1. The molecule has 0 aromatic heterocycles. The van der Waals surface area contributed by atoms with Crippen LogP contribution in [0, 0.1) is 0 Å². The Morgan fingerprint density at radius 1 is 1.00 bits per heavy atom. The van der Waals surface area contributed by atoms with Crippen LogP contribution in [0.5, 0.6) is 5.75 Å². The van der Waals surface area contributed by atoms with Gasteiger partial charge in [-0.05, 0) is 30.3 Å². The van der Waals surface area contributed by atoms with Gasteiger partial charge in [0.2, 0.25) is 0 Å². The van der Waals surface area contributed by atoms with E-state index < -0.39 is 0 Å². The summed E-state index contributed by atoms with van der Waals surface area (Å²) >= 11 is 0. The van der Waals surface area contributed by atoms with Gasteiger partial charge in [0.25, 0.3) is 0 Å². The van der Waals surface area contributed by atoms with Crippen LogP contribution in [0.15, 0.2) is 59.6 Å². The number of likely N-dealkylation sites (N-methyl/N-ethyl adjacent to an activating group) is 2. The van der Waals surface area contributed by atoms with Crippen LogP contribution in [0.3, 0.4) is 0 Å². The van der Waals surface area contributed by atoms with E-state index >= 15 is 0 Å². The number of para-hydroxylation sites is 1. The molecular formula is C24H36IN5O. The third-order valence-corrected chi connectivity index (χ3v) is 5.49. The zero-order valence-electron chi connectivity index (χ0n) is 19.0. The van der Waals surface area contributed by atoms with Crippen LogP contribution in [0.1, 0.15) is 11.1 Å². The molecule has 1 aliphatic rings. The minimum Gasteiger partial charge on any atom is -0.492 e. The zero-order valence-corrected chi connectivity index (χ0v) is 21.3. The Bertz CT molecular complexity index is 776. The molecule has 0 radical (unpaired) electrons. The van der Waals surface area contributed by atoms with Crippen molar-refractivity contribution in [2.45, 2.75) is 13.1 Å². The first-order chi connectivity index (χ1) is 14.6. The van der Waals surface area contributed by atoms with Gasteiger partial charge in [-0.25, -0.2) is 0 Å². The second-order valence-corrected chi connectivity index (χ2v) is 7.88. The predicted molar refractivity (Wildman–Crippen MR) is 139 cm³/mol. The van der Waals surface area contributed by atoms with Crippen molar-refractivity contribution >= 4 is 29.9 Å². The normalized spacial score (nSPS) is 15.3. The van der Waals surface area contributed by atoms with E-state index in [9.17, 15) is 0 Å². The molecule has 1 fully saturated rings. The maximum Gasteiger partial charge on any atom is 0.193 e. The molecule has 1 aliphatic heterocycles. The summed E-state index contributed by atoms with van der Waals surface area (Å²) in [5, 5.41) is 3.44. The average molecular weight is 537 g/mol. The van der Waals surface area contributed by atoms with Gasteiger partial charge in [0.05, 0.1) is 6.54 Å². The molecule has 0 amide bonds. The molecule has 1 saturated heterocycles. The average Bonchev–Trinajstić information content (AvgIpc) is 2.77. The maximum absolute atomic E-state index is 5.78. The number of benzene rings is 2. The van der Waals surface area contributed by atoms with Crippen LogP contribution < -0.4 is 10.1 Å². The van der Waals surface area contributed by atoms with Crippen molar-refractivity contribution in [1.82, 2.24) is 20.0 Å². The molecule has 0 atom stereocenters. The first-order valence-corrected chi connectivity index (χ1v) is 10.7. The molecule has 2 aromatic carbocycles. The molecule has 0 bridgehead atoms. The van der Waals surface area contributed by atoms with Gasteiger partial charge in [-0.2, -0.15) is 0 Å². The number of nitrogens with zero attached hydrogens (tertiary/aromatic N) is 4. The SMILES string of the molecule is CN=C(NCc1ccc(CN2CCN(C)CC2)cc1)N(C)CCOc1ccccc1.I. The third-order valence-electron chi connectivity index (χ3n) is 5.49. The molecule has 0 spiro atoms.